The lowest BCUT2D eigenvalue weighted by Gasteiger charge is -2.10. The van der Waals surface area contributed by atoms with E-state index in [4.69, 9.17) is 9.15 Å². The minimum absolute atomic E-state index is 0.116. The highest BCUT2D eigenvalue weighted by Gasteiger charge is 2.09. The van der Waals surface area contributed by atoms with E-state index in [1.807, 2.05) is 39.0 Å². The van der Waals surface area contributed by atoms with Gasteiger partial charge in [0.05, 0.1) is 13.2 Å². The Morgan fingerprint density at radius 2 is 2.28 bits per heavy atom. The van der Waals surface area contributed by atoms with Crippen LogP contribution in [-0.2, 0) is 9.53 Å². The molecule has 4 heteroatoms. The molecule has 1 aromatic rings. The van der Waals surface area contributed by atoms with Gasteiger partial charge in [-0.2, -0.15) is 0 Å². The predicted octanol–water partition coefficient (Wildman–Crippen LogP) is 2.75. The zero-order valence-corrected chi connectivity index (χ0v) is 11.4. The van der Waals surface area contributed by atoms with Gasteiger partial charge in [-0.15, -0.1) is 0 Å². The van der Waals surface area contributed by atoms with Gasteiger partial charge in [0, 0.05) is 12.1 Å². The molecule has 100 valence electrons. The van der Waals surface area contributed by atoms with Gasteiger partial charge in [0.1, 0.15) is 11.5 Å². The lowest BCUT2D eigenvalue weighted by molar-refractivity contribution is -0.136. The van der Waals surface area contributed by atoms with Crippen molar-refractivity contribution in [3.05, 3.63) is 35.3 Å². The molecule has 0 aliphatic carbocycles. The fraction of sp³-hybridized carbons (Fsp3) is 0.500. The zero-order valence-electron chi connectivity index (χ0n) is 11.4. The summed E-state index contributed by atoms with van der Waals surface area (Å²) in [5.41, 5.74) is 0.688. The quantitative estimate of drug-likeness (QED) is 0.624. The number of carbonyl (C=O) groups excluding carboxylic acids is 1. The molecule has 4 nitrogen and oxygen atoms in total. The molecule has 1 unspecified atom stereocenters. The lowest BCUT2D eigenvalue weighted by atomic mass is 10.2. The molecule has 0 amide bonds. The van der Waals surface area contributed by atoms with Crippen molar-refractivity contribution in [3.8, 4) is 0 Å². The van der Waals surface area contributed by atoms with Crippen molar-refractivity contribution in [2.75, 3.05) is 13.7 Å². The third-order valence-electron chi connectivity index (χ3n) is 2.79. The average molecular weight is 251 g/mol. The van der Waals surface area contributed by atoms with E-state index in [-0.39, 0.29) is 12.0 Å². The smallest absolute Gasteiger partial charge is 0.333 e. The highest BCUT2D eigenvalue weighted by Crippen LogP contribution is 2.15. The molecule has 0 aromatic carbocycles. The summed E-state index contributed by atoms with van der Waals surface area (Å²) in [6, 6.07) is 4.01. The molecule has 0 spiro atoms. The van der Waals surface area contributed by atoms with Gasteiger partial charge in [-0.3, -0.25) is 0 Å². The Balaban J connectivity index is 2.50. The van der Waals surface area contributed by atoms with Crippen molar-refractivity contribution in [2.45, 2.75) is 33.2 Å². The van der Waals surface area contributed by atoms with E-state index in [1.54, 1.807) is 0 Å². The molecule has 0 aliphatic heterocycles. The molecule has 1 rings (SSSR count). The average Bonchev–Trinajstić information content (AvgIpc) is 2.80. The van der Waals surface area contributed by atoms with Crippen LogP contribution in [0.3, 0.4) is 0 Å². The number of carbonyl (C=O) groups is 1. The second kappa shape index (κ2) is 7.01. The predicted molar refractivity (Wildman–Crippen MR) is 70.3 cm³/mol. The Labute approximate surface area is 108 Å². The fourth-order valence-electron chi connectivity index (χ4n) is 1.65. The minimum Gasteiger partial charge on any atom is -0.466 e. The minimum atomic E-state index is -0.263. The van der Waals surface area contributed by atoms with Crippen molar-refractivity contribution >= 4 is 5.97 Å². The maximum absolute atomic E-state index is 11.4. The van der Waals surface area contributed by atoms with Crippen molar-refractivity contribution in [3.63, 3.8) is 0 Å². The fourth-order valence-corrected chi connectivity index (χ4v) is 1.65. The molecule has 0 fully saturated rings. The van der Waals surface area contributed by atoms with Gasteiger partial charge in [-0.25, -0.2) is 4.79 Å². The largest absolute Gasteiger partial charge is 0.466 e. The van der Waals surface area contributed by atoms with Crippen molar-refractivity contribution < 1.29 is 13.9 Å². The molecule has 1 aromatic heterocycles. The number of furan rings is 1. The second-order valence-corrected chi connectivity index (χ2v) is 4.15. The number of hydrogen-bond acceptors (Lipinski definition) is 4. The van der Waals surface area contributed by atoms with E-state index < -0.39 is 0 Å². The first-order valence-corrected chi connectivity index (χ1v) is 6.15. The molecule has 1 atom stereocenters. The van der Waals surface area contributed by atoms with Gasteiger partial charge in [0.25, 0.3) is 0 Å². The Hall–Kier alpha value is -1.55. The number of esters is 1. The summed E-state index contributed by atoms with van der Waals surface area (Å²) in [7, 11) is 1.40. The first-order valence-electron chi connectivity index (χ1n) is 6.15. The SMILES string of the molecule is CC/C(=C/CNC(C)c1ccc(C)o1)C(=O)OC. The van der Waals surface area contributed by atoms with Crippen LogP contribution in [0.5, 0.6) is 0 Å². The third-order valence-corrected chi connectivity index (χ3v) is 2.79. The molecule has 18 heavy (non-hydrogen) atoms. The van der Waals surface area contributed by atoms with Crippen LogP contribution in [0.1, 0.15) is 37.8 Å². The maximum atomic E-state index is 11.4. The van der Waals surface area contributed by atoms with Crippen LogP contribution < -0.4 is 5.32 Å². The van der Waals surface area contributed by atoms with Gasteiger partial charge < -0.3 is 14.5 Å². The number of nitrogens with one attached hydrogen (secondary N) is 1. The number of ether oxygens (including phenoxy) is 1. The third kappa shape index (κ3) is 4.04. The van der Waals surface area contributed by atoms with Crippen molar-refractivity contribution in [1.82, 2.24) is 5.32 Å². The van der Waals surface area contributed by atoms with Gasteiger partial charge in [-0.05, 0) is 32.4 Å². The summed E-state index contributed by atoms with van der Waals surface area (Å²) in [6.07, 6.45) is 2.53. The van der Waals surface area contributed by atoms with E-state index in [1.165, 1.54) is 7.11 Å². The summed E-state index contributed by atoms with van der Waals surface area (Å²) < 4.78 is 10.2. The number of rotatable bonds is 6. The van der Waals surface area contributed by atoms with E-state index in [0.29, 0.717) is 18.5 Å². The Bertz CT molecular complexity index is 420. The Kier molecular flexibility index (Phi) is 5.65. The summed E-state index contributed by atoms with van der Waals surface area (Å²) in [4.78, 5) is 11.4. The highest BCUT2D eigenvalue weighted by atomic mass is 16.5. The zero-order chi connectivity index (χ0) is 13.5. The standard InChI is InChI=1S/C14H21NO3/c1-5-12(14(16)17-4)8-9-15-11(3)13-7-6-10(2)18-13/h6-8,11,15H,5,9H2,1-4H3/b12-8-. The van der Waals surface area contributed by atoms with Crippen LogP contribution >= 0.6 is 0 Å². The first-order chi connectivity index (χ1) is 8.58. The molecule has 0 radical (unpaired) electrons. The van der Waals surface area contributed by atoms with Crippen LogP contribution in [0, 0.1) is 6.92 Å². The van der Waals surface area contributed by atoms with Crippen LogP contribution in [0.25, 0.3) is 0 Å². The van der Waals surface area contributed by atoms with Gasteiger partial charge >= 0.3 is 5.97 Å². The Morgan fingerprint density at radius 1 is 1.56 bits per heavy atom. The lowest BCUT2D eigenvalue weighted by Crippen LogP contribution is -2.19. The number of hydrogen-bond donors (Lipinski definition) is 1. The first kappa shape index (κ1) is 14.5. The van der Waals surface area contributed by atoms with E-state index in [0.717, 1.165) is 11.5 Å². The second-order valence-electron chi connectivity index (χ2n) is 4.15. The van der Waals surface area contributed by atoms with Crippen molar-refractivity contribution in [1.29, 1.82) is 0 Å². The normalized spacial score (nSPS) is 13.4. The highest BCUT2D eigenvalue weighted by molar-refractivity contribution is 5.88. The summed E-state index contributed by atoms with van der Waals surface area (Å²) >= 11 is 0. The molecule has 0 aliphatic rings. The topological polar surface area (TPSA) is 51.5 Å². The molecular formula is C14H21NO3. The molecule has 0 saturated carbocycles. The summed E-state index contributed by atoms with van der Waals surface area (Å²) in [6.45, 7) is 6.49. The number of aryl methyl sites for hydroxylation is 1. The van der Waals surface area contributed by atoms with Gasteiger partial charge in [0.15, 0.2) is 0 Å². The van der Waals surface area contributed by atoms with Crippen LogP contribution in [0.2, 0.25) is 0 Å². The van der Waals surface area contributed by atoms with Crippen LogP contribution in [0.15, 0.2) is 28.2 Å². The monoisotopic (exact) mass is 251 g/mol. The molecular weight excluding hydrogens is 230 g/mol. The van der Waals surface area contributed by atoms with Gasteiger partial charge in [-0.1, -0.05) is 13.0 Å². The molecule has 0 bridgehead atoms. The van der Waals surface area contributed by atoms with Crippen molar-refractivity contribution in [2.24, 2.45) is 0 Å². The summed E-state index contributed by atoms with van der Waals surface area (Å²) in [5.74, 6) is 1.54. The molecule has 0 saturated heterocycles. The molecule has 1 heterocycles. The summed E-state index contributed by atoms with van der Waals surface area (Å²) in [5, 5.41) is 3.28. The Morgan fingerprint density at radius 3 is 2.78 bits per heavy atom. The van der Waals surface area contributed by atoms with E-state index in [9.17, 15) is 4.79 Å². The van der Waals surface area contributed by atoms with E-state index >= 15 is 0 Å². The number of methoxy groups -OCH3 is 1. The van der Waals surface area contributed by atoms with Gasteiger partial charge in [0.2, 0.25) is 0 Å². The van der Waals surface area contributed by atoms with Crippen LogP contribution in [0.4, 0.5) is 0 Å². The maximum Gasteiger partial charge on any atom is 0.333 e. The van der Waals surface area contributed by atoms with E-state index in [2.05, 4.69) is 5.32 Å². The molecule has 1 N–H and O–H groups in total. The van der Waals surface area contributed by atoms with Crippen LogP contribution in [-0.4, -0.2) is 19.6 Å².